The van der Waals surface area contributed by atoms with E-state index in [4.69, 9.17) is 5.11 Å². The highest BCUT2D eigenvalue weighted by Gasteiger charge is 2.36. The van der Waals surface area contributed by atoms with E-state index in [9.17, 15) is 9.59 Å². The fourth-order valence-corrected chi connectivity index (χ4v) is 2.11. The summed E-state index contributed by atoms with van der Waals surface area (Å²) < 4.78 is 0. The lowest BCUT2D eigenvalue weighted by atomic mass is 9.98. The van der Waals surface area contributed by atoms with Gasteiger partial charge in [0.25, 0.3) is 0 Å². The summed E-state index contributed by atoms with van der Waals surface area (Å²) in [6, 6.07) is 7.31. The number of para-hydroxylation sites is 1. The Kier molecular flexibility index (Phi) is 3.46. The van der Waals surface area contributed by atoms with Gasteiger partial charge in [0.1, 0.15) is 11.6 Å². The number of carbonyl (C=O) groups excluding carboxylic acids is 1. The van der Waals surface area contributed by atoms with Crippen LogP contribution in [0.4, 0.5) is 5.69 Å². The molecule has 0 aromatic heterocycles. The fourth-order valence-electron chi connectivity index (χ4n) is 2.11. The van der Waals surface area contributed by atoms with Gasteiger partial charge in [0.15, 0.2) is 0 Å². The van der Waals surface area contributed by atoms with Crippen LogP contribution >= 0.6 is 0 Å². The Morgan fingerprint density at radius 1 is 1.47 bits per heavy atom. The zero-order valence-electron chi connectivity index (χ0n) is 11.1. The van der Waals surface area contributed by atoms with Crippen molar-refractivity contribution >= 4 is 17.6 Å². The molecular weight excluding hydrogens is 244 g/mol. The highest BCUT2D eigenvalue weighted by molar-refractivity contribution is 5.92. The predicted molar refractivity (Wildman–Crippen MR) is 72.0 cm³/mol. The fraction of sp³-hybridized carbons (Fsp3) is 0.429. The molecule has 3 N–H and O–H groups in total. The standard InChI is InChI=1S/C14H18N2O3/c1-3-14(2,13(18)19)16-12(17)11-8-9-6-4-5-7-10(9)15-11/h4-7,11,15H,3,8H2,1-2H3,(H,16,17)(H,18,19)/t11-,14?/m0/s1. The van der Waals surface area contributed by atoms with Crippen molar-refractivity contribution in [3.05, 3.63) is 29.8 Å². The average molecular weight is 262 g/mol. The second-order valence-corrected chi connectivity index (χ2v) is 5.04. The Balaban J connectivity index is 2.06. The van der Waals surface area contributed by atoms with Crippen molar-refractivity contribution in [3.63, 3.8) is 0 Å². The number of nitrogens with one attached hydrogen (secondary N) is 2. The van der Waals surface area contributed by atoms with Crippen LogP contribution in [0, 0.1) is 0 Å². The average Bonchev–Trinajstić information content (AvgIpc) is 2.82. The van der Waals surface area contributed by atoms with Gasteiger partial charge in [-0.25, -0.2) is 4.79 Å². The van der Waals surface area contributed by atoms with Gasteiger partial charge in [-0.1, -0.05) is 25.1 Å². The molecule has 1 aliphatic heterocycles. The number of hydrogen-bond acceptors (Lipinski definition) is 3. The molecule has 1 amide bonds. The van der Waals surface area contributed by atoms with Gasteiger partial charge in [0.05, 0.1) is 0 Å². The van der Waals surface area contributed by atoms with Crippen LogP contribution in [0.15, 0.2) is 24.3 Å². The van der Waals surface area contributed by atoms with Crippen molar-refractivity contribution in [1.82, 2.24) is 5.32 Å². The van der Waals surface area contributed by atoms with Gasteiger partial charge in [0.2, 0.25) is 5.91 Å². The van der Waals surface area contributed by atoms with Crippen molar-refractivity contribution in [2.75, 3.05) is 5.32 Å². The molecule has 5 heteroatoms. The zero-order valence-corrected chi connectivity index (χ0v) is 11.1. The van der Waals surface area contributed by atoms with E-state index in [-0.39, 0.29) is 5.91 Å². The Labute approximate surface area is 112 Å². The summed E-state index contributed by atoms with van der Waals surface area (Å²) in [5, 5.41) is 14.9. The number of aliphatic carboxylic acids is 1. The first-order chi connectivity index (χ1) is 8.96. The summed E-state index contributed by atoms with van der Waals surface area (Å²) in [6.07, 6.45) is 0.926. The van der Waals surface area contributed by atoms with Crippen molar-refractivity contribution in [3.8, 4) is 0 Å². The summed E-state index contributed by atoms with van der Waals surface area (Å²) in [6.45, 7) is 3.26. The summed E-state index contributed by atoms with van der Waals surface area (Å²) in [5.74, 6) is -1.29. The first-order valence-corrected chi connectivity index (χ1v) is 6.36. The predicted octanol–water partition coefficient (Wildman–Crippen LogP) is 1.39. The highest BCUT2D eigenvalue weighted by atomic mass is 16.4. The van der Waals surface area contributed by atoms with Crippen LogP contribution in [-0.4, -0.2) is 28.6 Å². The number of rotatable bonds is 4. The third kappa shape index (κ3) is 2.54. The van der Waals surface area contributed by atoms with E-state index in [1.807, 2.05) is 24.3 Å². The van der Waals surface area contributed by atoms with Crippen LogP contribution in [0.5, 0.6) is 0 Å². The van der Waals surface area contributed by atoms with E-state index in [2.05, 4.69) is 10.6 Å². The minimum absolute atomic E-state index is 0.275. The number of carbonyl (C=O) groups is 2. The van der Waals surface area contributed by atoms with E-state index >= 15 is 0 Å². The number of amides is 1. The van der Waals surface area contributed by atoms with E-state index in [1.165, 1.54) is 6.92 Å². The van der Waals surface area contributed by atoms with Gasteiger partial charge in [0, 0.05) is 12.1 Å². The molecule has 1 aliphatic rings. The molecule has 0 saturated heterocycles. The largest absolute Gasteiger partial charge is 0.480 e. The molecule has 0 radical (unpaired) electrons. The molecule has 0 bridgehead atoms. The maximum absolute atomic E-state index is 12.2. The minimum Gasteiger partial charge on any atom is -0.480 e. The van der Waals surface area contributed by atoms with Gasteiger partial charge in [-0.15, -0.1) is 0 Å². The monoisotopic (exact) mass is 262 g/mol. The lowest BCUT2D eigenvalue weighted by molar-refractivity contribution is -0.147. The number of carboxylic acids is 1. The molecule has 5 nitrogen and oxygen atoms in total. The number of anilines is 1. The molecule has 0 aliphatic carbocycles. The number of hydrogen-bond donors (Lipinski definition) is 3. The first kappa shape index (κ1) is 13.4. The van der Waals surface area contributed by atoms with Gasteiger partial charge >= 0.3 is 5.97 Å². The van der Waals surface area contributed by atoms with Crippen molar-refractivity contribution in [2.45, 2.75) is 38.3 Å². The number of carboxylic acid groups (broad SMARTS) is 1. The molecule has 102 valence electrons. The second kappa shape index (κ2) is 4.91. The van der Waals surface area contributed by atoms with Crippen LogP contribution in [-0.2, 0) is 16.0 Å². The summed E-state index contributed by atoms with van der Waals surface area (Å²) in [5.41, 5.74) is 0.806. The Morgan fingerprint density at radius 2 is 2.16 bits per heavy atom. The Hall–Kier alpha value is -2.04. The SMILES string of the molecule is CCC(C)(NC(=O)[C@@H]1Cc2ccccc2N1)C(=O)O. The third-order valence-electron chi connectivity index (χ3n) is 3.67. The van der Waals surface area contributed by atoms with E-state index in [0.717, 1.165) is 11.3 Å². The molecular formula is C14H18N2O3. The molecule has 1 aromatic rings. The lowest BCUT2D eigenvalue weighted by Crippen LogP contribution is -2.55. The van der Waals surface area contributed by atoms with Crippen LogP contribution in [0.2, 0.25) is 0 Å². The van der Waals surface area contributed by atoms with Crippen molar-refractivity contribution < 1.29 is 14.7 Å². The quantitative estimate of drug-likeness (QED) is 0.766. The third-order valence-corrected chi connectivity index (χ3v) is 3.67. The molecule has 0 fully saturated rings. The van der Waals surface area contributed by atoms with E-state index in [1.54, 1.807) is 6.92 Å². The first-order valence-electron chi connectivity index (χ1n) is 6.36. The molecule has 1 aromatic carbocycles. The van der Waals surface area contributed by atoms with Crippen LogP contribution in [0.1, 0.15) is 25.8 Å². The zero-order chi connectivity index (χ0) is 14.0. The molecule has 2 atom stereocenters. The summed E-state index contributed by atoms with van der Waals surface area (Å²) in [7, 11) is 0. The lowest BCUT2D eigenvalue weighted by Gasteiger charge is -2.26. The topological polar surface area (TPSA) is 78.4 Å². The Bertz CT molecular complexity index is 490. The normalized spacial score (nSPS) is 20.0. The maximum atomic E-state index is 12.2. The van der Waals surface area contributed by atoms with E-state index < -0.39 is 17.6 Å². The summed E-state index contributed by atoms with van der Waals surface area (Å²) in [4.78, 5) is 23.3. The van der Waals surface area contributed by atoms with Crippen LogP contribution < -0.4 is 10.6 Å². The van der Waals surface area contributed by atoms with Gasteiger partial charge in [-0.05, 0) is 25.0 Å². The van der Waals surface area contributed by atoms with Gasteiger partial charge in [-0.2, -0.15) is 0 Å². The number of benzene rings is 1. The molecule has 0 saturated carbocycles. The molecule has 19 heavy (non-hydrogen) atoms. The molecule has 1 heterocycles. The van der Waals surface area contributed by atoms with Crippen LogP contribution in [0.3, 0.4) is 0 Å². The highest BCUT2D eigenvalue weighted by Crippen LogP contribution is 2.25. The van der Waals surface area contributed by atoms with E-state index in [0.29, 0.717) is 12.8 Å². The van der Waals surface area contributed by atoms with Crippen molar-refractivity contribution in [1.29, 1.82) is 0 Å². The number of fused-ring (bicyclic) bond motifs is 1. The second-order valence-electron chi connectivity index (χ2n) is 5.04. The Morgan fingerprint density at radius 3 is 2.74 bits per heavy atom. The molecule has 2 rings (SSSR count). The maximum Gasteiger partial charge on any atom is 0.329 e. The van der Waals surface area contributed by atoms with Crippen molar-refractivity contribution in [2.24, 2.45) is 0 Å². The molecule has 0 spiro atoms. The van der Waals surface area contributed by atoms with Gasteiger partial charge in [-0.3, -0.25) is 4.79 Å². The minimum atomic E-state index is -1.21. The summed E-state index contributed by atoms with van der Waals surface area (Å²) >= 11 is 0. The molecule has 1 unspecified atom stereocenters. The smallest absolute Gasteiger partial charge is 0.329 e. The van der Waals surface area contributed by atoms with Crippen LogP contribution in [0.25, 0.3) is 0 Å². The van der Waals surface area contributed by atoms with Gasteiger partial charge < -0.3 is 15.7 Å².